The maximum absolute atomic E-state index is 12.6. The Morgan fingerprint density at radius 3 is 2.78 bits per heavy atom. The van der Waals surface area contributed by atoms with Crippen LogP contribution in [0.3, 0.4) is 0 Å². The fourth-order valence-electron chi connectivity index (χ4n) is 1.27. The van der Waals surface area contributed by atoms with Gasteiger partial charge in [0.25, 0.3) is 5.88 Å². The minimum absolute atomic E-state index is 0.00438. The number of aromatic nitrogens is 3. The van der Waals surface area contributed by atoms with Gasteiger partial charge in [0.2, 0.25) is 5.69 Å². The van der Waals surface area contributed by atoms with Crippen molar-refractivity contribution in [3.05, 3.63) is 34.7 Å². The molecule has 2 aromatic rings. The van der Waals surface area contributed by atoms with E-state index in [0.29, 0.717) is 0 Å². The van der Waals surface area contributed by atoms with Crippen molar-refractivity contribution in [3.63, 3.8) is 0 Å². The molecule has 0 amide bonds. The molecular weight excluding hydrogens is 256 g/mol. The van der Waals surface area contributed by atoms with Gasteiger partial charge in [0.15, 0.2) is 0 Å². The molecule has 0 aromatic carbocycles. The molecule has 18 heavy (non-hydrogen) atoms. The fourth-order valence-corrected chi connectivity index (χ4v) is 1.46. The van der Waals surface area contributed by atoms with E-state index in [0.717, 1.165) is 21.3 Å². The van der Waals surface area contributed by atoms with Gasteiger partial charge in [0, 0.05) is 6.20 Å². The van der Waals surface area contributed by atoms with Gasteiger partial charge in [-0.15, -0.1) is 0 Å². The van der Waals surface area contributed by atoms with Crippen LogP contribution in [0.2, 0.25) is 0 Å². The lowest BCUT2D eigenvalue weighted by atomic mass is 10.4. The summed E-state index contributed by atoms with van der Waals surface area (Å²) in [5.41, 5.74) is 0.0676. The van der Waals surface area contributed by atoms with Crippen molar-refractivity contribution in [1.82, 2.24) is 14.8 Å². The largest absolute Gasteiger partial charge is 0.616 e. The molecule has 7 nitrogen and oxygen atoms in total. The van der Waals surface area contributed by atoms with Gasteiger partial charge in [0.05, 0.1) is 6.57 Å². The summed E-state index contributed by atoms with van der Waals surface area (Å²) < 4.78 is 23.8. The second-order valence-electron chi connectivity index (χ2n) is 3.01. The molecule has 0 aliphatic heterocycles. The Kier molecular flexibility index (Phi) is 3.29. The zero-order valence-electron chi connectivity index (χ0n) is 8.92. The van der Waals surface area contributed by atoms with Gasteiger partial charge in [-0.05, 0) is 4.98 Å². The van der Waals surface area contributed by atoms with Crippen molar-refractivity contribution < 1.29 is 12.6 Å². The molecule has 2 rings (SSSR count). The highest BCUT2D eigenvalue weighted by molar-refractivity contribution is 6.00. The van der Waals surface area contributed by atoms with Crippen LogP contribution in [-0.4, -0.2) is 31.4 Å². The number of rotatable bonds is 3. The smallest absolute Gasteiger partial charge is 0.498 e. The summed E-state index contributed by atoms with van der Waals surface area (Å²) in [4.78, 5) is 9.90. The zero-order chi connectivity index (χ0) is 13.1. The van der Waals surface area contributed by atoms with Crippen LogP contribution in [0.15, 0.2) is 10.6 Å². The average Bonchev–Trinajstić information content (AvgIpc) is 3.01. The third kappa shape index (κ3) is 1.93. The molecule has 0 saturated carbocycles. The van der Waals surface area contributed by atoms with Crippen LogP contribution >= 0.6 is 0 Å². The molecule has 0 unspecified atom stereocenters. The van der Waals surface area contributed by atoms with Crippen LogP contribution in [0, 0.1) is 13.1 Å². The fraction of sp³-hybridized carbons (Fsp3) is 0.111. The van der Waals surface area contributed by atoms with E-state index in [2.05, 4.69) is 19.8 Å². The zero-order valence-corrected chi connectivity index (χ0v) is 10.3. The molecule has 9 heteroatoms. The Morgan fingerprint density at radius 1 is 1.50 bits per heavy atom. The lowest BCUT2D eigenvalue weighted by molar-refractivity contribution is 0.467. The molecule has 0 aliphatic rings. The highest BCUT2D eigenvalue weighted by atomic mass is 27.1. The van der Waals surface area contributed by atoms with Crippen molar-refractivity contribution in [2.75, 3.05) is 0 Å². The summed E-state index contributed by atoms with van der Waals surface area (Å²) in [5, 5.41) is 3.84. The van der Waals surface area contributed by atoms with Gasteiger partial charge in [0.1, 0.15) is 12.4 Å². The number of nitrogens with zero attached hydrogens (tertiary/aromatic N) is 5. The van der Waals surface area contributed by atoms with Gasteiger partial charge in [-0.25, -0.2) is 13.9 Å². The van der Waals surface area contributed by atoms with Crippen molar-refractivity contribution in [2.24, 2.45) is 0 Å². The molecular formula is C9H4AlFN5O2. The number of halogens is 1. The average molecular weight is 260 g/mol. The Morgan fingerprint density at radius 2 is 2.28 bits per heavy atom. The molecule has 0 aliphatic carbocycles. The molecule has 0 saturated heterocycles. The summed E-state index contributed by atoms with van der Waals surface area (Å²) in [5.74, 6) is 0.101. The van der Waals surface area contributed by atoms with Gasteiger partial charge in [-0.1, -0.05) is 6.57 Å². The van der Waals surface area contributed by atoms with Crippen LogP contribution in [0.5, 0.6) is 5.88 Å². The van der Waals surface area contributed by atoms with Gasteiger partial charge in [-0.3, -0.25) is 0 Å². The minimum Gasteiger partial charge on any atom is -0.616 e. The Labute approximate surface area is 109 Å². The molecule has 0 atom stereocenters. The lowest BCUT2D eigenvalue weighted by Crippen LogP contribution is -1.97. The topological polar surface area (TPSA) is 61.8 Å². The van der Waals surface area contributed by atoms with Gasteiger partial charge >= 0.3 is 28.5 Å². The predicted molar refractivity (Wildman–Crippen MR) is 58.7 cm³/mol. The van der Waals surface area contributed by atoms with E-state index in [4.69, 9.17) is 21.3 Å². The first-order valence-corrected chi connectivity index (χ1v) is 5.13. The van der Waals surface area contributed by atoms with Crippen molar-refractivity contribution >= 4 is 28.3 Å². The van der Waals surface area contributed by atoms with E-state index in [-0.39, 0.29) is 29.2 Å². The molecule has 2 aromatic heterocycles. The summed E-state index contributed by atoms with van der Waals surface area (Å²) in [6, 6.07) is -0.215. The second kappa shape index (κ2) is 4.89. The maximum atomic E-state index is 12.6. The van der Waals surface area contributed by atoms with Gasteiger partial charge < -0.3 is 13.1 Å². The van der Waals surface area contributed by atoms with E-state index in [9.17, 15) is 4.39 Å². The van der Waals surface area contributed by atoms with Crippen molar-refractivity contribution in [3.8, 4) is 11.8 Å². The molecule has 0 bridgehead atoms. The van der Waals surface area contributed by atoms with Crippen molar-refractivity contribution in [2.45, 2.75) is 6.67 Å². The summed E-state index contributed by atoms with van der Waals surface area (Å²) >= 11 is 1.15. The Bertz CT molecular complexity index is 666. The van der Waals surface area contributed by atoms with E-state index >= 15 is 0 Å². The van der Waals surface area contributed by atoms with E-state index in [1.165, 1.54) is 6.20 Å². The monoisotopic (exact) mass is 260 g/mol. The minimum atomic E-state index is -0.863. The van der Waals surface area contributed by atoms with Crippen LogP contribution in [0.25, 0.3) is 15.6 Å². The van der Waals surface area contributed by atoms with E-state index in [1.54, 1.807) is 0 Å². The van der Waals surface area contributed by atoms with Gasteiger partial charge in [-0.2, -0.15) is 5.10 Å². The van der Waals surface area contributed by atoms with Crippen molar-refractivity contribution in [1.29, 1.82) is 0 Å². The standard InChI is InChI=1S/C9H4FN5O2.Al.H/c1-11-6-4-15(14-5(6)3-10)8-7(16)13-9(12-2)17-8;;/h4,16H,3H2;;/q;+1;/p-1. The third-order valence-corrected chi connectivity index (χ3v) is 2.30. The summed E-state index contributed by atoms with van der Waals surface area (Å²) in [7, 11) is 0. The predicted octanol–water partition coefficient (Wildman–Crippen LogP) is 1.63. The molecule has 87 valence electrons. The van der Waals surface area contributed by atoms with Crippen LogP contribution < -0.4 is 3.79 Å². The van der Waals surface area contributed by atoms with Crippen LogP contribution in [-0.2, 0) is 6.67 Å². The molecule has 2 heterocycles. The highest BCUT2D eigenvalue weighted by Crippen LogP contribution is 2.29. The molecule has 0 fully saturated rings. The number of oxazole rings is 1. The Balaban J connectivity index is 2.55. The third-order valence-electron chi connectivity index (χ3n) is 2.02. The molecule has 1 radical (unpaired) electrons. The summed E-state index contributed by atoms with van der Waals surface area (Å²) in [6.45, 7) is 12.8. The highest BCUT2D eigenvalue weighted by Gasteiger charge is 2.21. The quantitative estimate of drug-likeness (QED) is 0.621. The Hall–Kier alpha value is -2.34. The first kappa shape index (κ1) is 12.1. The second-order valence-corrected chi connectivity index (χ2v) is 3.30. The van der Waals surface area contributed by atoms with Crippen LogP contribution in [0.4, 0.5) is 16.1 Å². The summed E-state index contributed by atoms with van der Waals surface area (Å²) in [6.07, 6.45) is 1.29. The number of hydrogen-bond donors (Lipinski definition) is 0. The van der Waals surface area contributed by atoms with E-state index < -0.39 is 6.67 Å². The SMILES string of the molecule is [C-]#[N+]c1nc([O][AlH])c(-n2cc([N+]#[C-])c(CF)n2)o1. The number of alkyl halides is 1. The van der Waals surface area contributed by atoms with Crippen LogP contribution in [0.1, 0.15) is 5.69 Å². The number of hydrogen-bond acceptors (Lipinski definition) is 4. The lowest BCUT2D eigenvalue weighted by Gasteiger charge is -1.97. The first-order chi connectivity index (χ1) is 8.73. The maximum Gasteiger partial charge on any atom is 0.498 e. The van der Waals surface area contributed by atoms with E-state index in [1.807, 2.05) is 0 Å². The first-order valence-electron chi connectivity index (χ1n) is 4.56. The molecule has 0 spiro atoms. The molecule has 0 N–H and O–H groups in total. The normalized spacial score (nSPS) is 9.72.